The topological polar surface area (TPSA) is 81.2 Å². The fourth-order valence-electron chi connectivity index (χ4n) is 1.95. The Bertz CT molecular complexity index is 713. The van der Waals surface area contributed by atoms with Crippen LogP contribution >= 0.6 is 0 Å². The molecule has 0 bridgehead atoms. The Hall–Kier alpha value is -2.76. The average Bonchev–Trinajstić information content (AvgIpc) is 2.57. The molecule has 0 radical (unpaired) electrons. The first-order valence-corrected chi connectivity index (χ1v) is 7.52. The highest BCUT2D eigenvalue weighted by molar-refractivity contribution is 5.91. The van der Waals surface area contributed by atoms with E-state index in [0.29, 0.717) is 31.7 Å². The maximum atomic E-state index is 11.7. The molecule has 0 fully saturated rings. The number of ether oxygens (including phenoxy) is 1. The van der Waals surface area contributed by atoms with Gasteiger partial charge in [0.15, 0.2) is 0 Å². The smallest absolute Gasteiger partial charge is 0.305 e. The number of para-hydroxylation sites is 2. The van der Waals surface area contributed by atoms with Crippen LogP contribution in [0.1, 0.15) is 25.5 Å². The van der Waals surface area contributed by atoms with Crippen molar-refractivity contribution >= 4 is 29.0 Å². The molecule has 0 spiro atoms. The predicted octanol–water partition coefficient (Wildman–Crippen LogP) is 2.10. The first kappa shape index (κ1) is 16.6. The zero-order chi connectivity index (χ0) is 16.5. The molecule has 23 heavy (non-hydrogen) atoms. The van der Waals surface area contributed by atoms with Crippen LogP contribution in [0, 0.1) is 0 Å². The van der Waals surface area contributed by atoms with E-state index >= 15 is 0 Å². The number of amides is 1. The SMILES string of the molecule is CCOC(=O)CCCNC(=O)/C=C/c1cnc2ccccc2n1. The maximum Gasteiger partial charge on any atom is 0.305 e. The Kier molecular flexibility index (Phi) is 6.23. The van der Waals surface area contributed by atoms with Gasteiger partial charge in [-0.15, -0.1) is 0 Å². The number of esters is 1. The van der Waals surface area contributed by atoms with Gasteiger partial charge < -0.3 is 10.1 Å². The molecular formula is C17H19N3O3. The van der Waals surface area contributed by atoms with Gasteiger partial charge in [-0.3, -0.25) is 14.6 Å². The summed E-state index contributed by atoms with van der Waals surface area (Å²) in [7, 11) is 0. The molecule has 2 rings (SSSR count). The van der Waals surface area contributed by atoms with Crippen LogP contribution in [0.5, 0.6) is 0 Å². The lowest BCUT2D eigenvalue weighted by molar-refractivity contribution is -0.143. The van der Waals surface area contributed by atoms with Gasteiger partial charge in [0.2, 0.25) is 5.91 Å². The monoisotopic (exact) mass is 313 g/mol. The number of hydrogen-bond acceptors (Lipinski definition) is 5. The largest absolute Gasteiger partial charge is 0.466 e. The van der Waals surface area contributed by atoms with Crippen molar-refractivity contribution in [3.63, 3.8) is 0 Å². The molecule has 1 aromatic heterocycles. The molecule has 0 aliphatic carbocycles. The molecule has 0 unspecified atom stereocenters. The number of benzene rings is 1. The Morgan fingerprint density at radius 3 is 2.83 bits per heavy atom. The second kappa shape index (κ2) is 8.63. The van der Waals surface area contributed by atoms with Crippen LogP contribution in [-0.2, 0) is 14.3 Å². The van der Waals surface area contributed by atoms with E-state index in [9.17, 15) is 9.59 Å². The van der Waals surface area contributed by atoms with Crippen molar-refractivity contribution in [1.82, 2.24) is 15.3 Å². The van der Waals surface area contributed by atoms with Crippen molar-refractivity contribution in [3.05, 3.63) is 42.2 Å². The first-order valence-electron chi connectivity index (χ1n) is 7.52. The molecule has 1 N–H and O–H groups in total. The van der Waals surface area contributed by atoms with E-state index in [1.807, 2.05) is 24.3 Å². The lowest BCUT2D eigenvalue weighted by Gasteiger charge is -2.02. The highest BCUT2D eigenvalue weighted by Gasteiger charge is 2.02. The second-order valence-electron chi connectivity index (χ2n) is 4.82. The molecular weight excluding hydrogens is 294 g/mol. The van der Waals surface area contributed by atoms with E-state index in [1.165, 1.54) is 6.08 Å². The molecule has 0 atom stereocenters. The van der Waals surface area contributed by atoms with Gasteiger partial charge in [0, 0.05) is 19.0 Å². The van der Waals surface area contributed by atoms with Gasteiger partial charge in [0.25, 0.3) is 0 Å². The number of fused-ring (bicyclic) bond motifs is 1. The van der Waals surface area contributed by atoms with Crippen LogP contribution in [0.15, 0.2) is 36.5 Å². The summed E-state index contributed by atoms with van der Waals surface area (Å²) in [4.78, 5) is 31.5. The fraction of sp³-hybridized carbons (Fsp3) is 0.294. The third-order valence-corrected chi connectivity index (χ3v) is 3.03. The second-order valence-corrected chi connectivity index (χ2v) is 4.82. The van der Waals surface area contributed by atoms with E-state index in [4.69, 9.17) is 4.74 Å². The summed E-state index contributed by atoms with van der Waals surface area (Å²) in [6.07, 6.45) is 5.48. The van der Waals surface area contributed by atoms with Crippen molar-refractivity contribution in [2.24, 2.45) is 0 Å². The number of aromatic nitrogens is 2. The van der Waals surface area contributed by atoms with Gasteiger partial charge in [-0.1, -0.05) is 12.1 Å². The van der Waals surface area contributed by atoms with Crippen molar-refractivity contribution in [2.75, 3.05) is 13.2 Å². The average molecular weight is 313 g/mol. The van der Waals surface area contributed by atoms with Crippen LogP contribution in [0.2, 0.25) is 0 Å². The number of nitrogens with one attached hydrogen (secondary N) is 1. The number of carbonyl (C=O) groups excluding carboxylic acids is 2. The lowest BCUT2D eigenvalue weighted by atomic mass is 10.3. The number of nitrogens with zero attached hydrogens (tertiary/aromatic N) is 2. The zero-order valence-corrected chi connectivity index (χ0v) is 13.0. The summed E-state index contributed by atoms with van der Waals surface area (Å²) < 4.78 is 4.81. The van der Waals surface area contributed by atoms with Gasteiger partial charge >= 0.3 is 5.97 Å². The van der Waals surface area contributed by atoms with Gasteiger partial charge in [-0.25, -0.2) is 4.98 Å². The minimum Gasteiger partial charge on any atom is -0.466 e. The molecule has 0 saturated heterocycles. The van der Waals surface area contributed by atoms with Crippen molar-refractivity contribution in [1.29, 1.82) is 0 Å². The molecule has 1 heterocycles. The van der Waals surface area contributed by atoms with Gasteiger partial charge in [0.05, 0.1) is 29.5 Å². The van der Waals surface area contributed by atoms with Crippen LogP contribution < -0.4 is 5.32 Å². The third kappa shape index (κ3) is 5.50. The van der Waals surface area contributed by atoms with E-state index in [0.717, 1.165) is 11.0 Å². The van der Waals surface area contributed by atoms with Crippen molar-refractivity contribution < 1.29 is 14.3 Å². The molecule has 1 amide bonds. The maximum absolute atomic E-state index is 11.7. The van der Waals surface area contributed by atoms with E-state index < -0.39 is 0 Å². The Morgan fingerprint density at radius 1 is 1.26 bits per heavy atom. The molecule has 0 aliphatic heterocycles. The summed E-state index contributed by atoms with van der Waals surface area (Å²) in [5, 5.41) is 2.71. The number of rotatable bonds is 7. The third-order valence-electron chi connectivity index (χ3n) is 3.03. The summed E-state index contributed by atoms with van der Waals surface area (Å²) in [5.74, 6) is -0.479. The quantitative estimate of drug-likeness (QED) is 0.481. The molecule has 6 heteroatoms. The summed E-state index contributed by atoms with van der Waals surface area (Å²) in [6.45, 7) is 2.56. The molecule has 0 saturated carbocycles. The van der Waals surface area contributed by atoms with Crippen LogP contribution in [0.3, 0.4) is 0 Å². The van der Waals surface area contributed by atoms with E-state index in [-0.39, 0.29) is 11.9 Å². The summed E-state index contributed by atoms with van der Waals surface area (Å²) in [5.41, 5.74) is 2.21. The Morgan fingerprint density at radius 2 is 2.04 bits per heavy atom. The van der Waals surface area contributed by atoms with Crippen LogP contribution in [0.4, 0.5) is 0 Å². The zero-order valence-electron chi connectivity index (χ0n) is 13.0. The minimum atomic E-state index is -0.247. The van der Waals surface area contributed by atoms with Crippen molar-refractivity contribution in [3.8, 4) is 0 Å². The lowest BCUT2D eigenvalue weighted by Crippen LogP contribution is -2.22. The van der Waals surface area contributed by atoms with Gasteiger partial charge in [-0.05, 0) is 31.6 Å². The molecule has 2 aromatic rings. The van der Waals surface area contributed by atoms with E-state index in [2.05, 4.69) is 15.3 Å². The Balaban J connectivity index is 1.79. The number of hydrogen-bond donors (Lipinski definition) is 1. The van der Waals surface area contributed by atoms with E-state index in [1.54, 1.807) is 19.2 Å². The number of carbonyl (C=O) groups is 2. The standard InChI is InChI=1S/C17H19N3O3/c1-2-23-17(22)8-5-11-18-16(21)10-9-13-12-19-14-6-3-4-7-15(14)20-13/h3-4,6-7,9-10,12H,2,5,8,11H2,1H3,(H,18,21)/b10-9+. The predicted molar refractivity (Wildman–Crippen MR) is 87.4 cm³/mol. The van der Waals surface area contributed by atoms with Gasteiger partial charge in [0.1, 0.15) is 0 Å². The highest BCUT2D eigenvalue weighted by Crippen LogP contribution is 2.09. The van der Waals surface area contributed by atoms with Gasteiger partial charge in [-0.2, -0.15) is 0 Å². The highest BCUT2D eigenvalue weighted by atomic mass is 16.5. The molecule has 0 aliphatic rings. The first-order chi connectivity index (χ1) is 11.2. The van der Waals surface area contributed by atoms with Crippen LogP contribution in [-0.4, -0.2) is 35.0 Å². The molecule has 120 valence electrons. The molecule has 6 nitrogen and oxygen atoms in total. The normalized spacial score (nSPS) is 10.8. The van der Waals surface area contributed by atoms with Crippen LogP contribution in [0.25, 0.3) is 17.1 Å². The summed E-state index contributed by atoms with van der Waals surface area (Å²) >= 11 is 0. The fourth-order valence-corrected chi connectivity index (χ4v) is 1.95. The van der Waals surface area contributed by atoms with Crippen molar-refractivity contribution in [2.45, 2.75) is 19.8 Å². The Labute approximate surface area is 134 Å². The summed E-state index contributed by atoms with van der Waals surface area (Å²) in [6, 6.07) is 7.54. The minimum absolute atomic E-state index is 0.233. The molecule has 1 aromatic carbocycles.